The van der Waals surface area contributed by atoms with Crippen molar-refractivity contribution in [3.8, 4) is 11.5 Å². The molecule has 0 aliphatic carbocycles. The number of benzene rings is 2. The number of nitrogens with zero attached hydrogens (tertiary/aromatic N) is 2. The van der Waals surface area contributed by atoms with Crippen LogP contribution in [0, 0.1) is 20.2 Å². The third-order valence-corrected chi connectivity index (χ3v) is 4.56. The molecular weight excluding hydrogens is 468 g/mol. The van der Waals surface area contributed by atoms with Crippen LogP contribution >= 0.6 is 0 Å². The highest BCUT2D eigenvalue weighted by Crippen LogP contribution is 2.31. The van der Waals surface area contributed by atoms with E-state index in [9.17, 15) is 42.6 Å². The van der Waals surface area contributed by atoms with Gasteiger partial charge in [0, 0.05) is 48.2 Å². The van der Waals surface area contributed by atoms with Gasteiger partial charge in [0.2, 0.25) is 11.8 Å². The molecule has 0 radical (unpaired) electrons. The Bertz CT molecular complexity index is 998. The molecule has 0 fully saturated rings. The number of rotatable bonds is 10. The van der Waals surface area contributed by atoms with Gasteiger partial charge in [0.1, 0.15) is 11.5 Å². The number of aryl methyl sites for hydroxylation is 2. The second kappa shape index (κ2) is 10.4. The van der Waals surface area contributed by atoms with Gasteiger partial charge in [0.05, 0.1) is 9.85 Å². The predicted molar refractivity (Wildman–Crippen MR) is 111 cm³/mol. The van der Waals surface area contributed by atoms with Crippen molar-refractivity contribution in [1.82, 2.24) is 0 Å². The molecule has 0 saturated heterocycles. The van der Waals surface area contributed by atoms with Crippen LogP contribution in [0.4, 0.5) is 33.7 Å². The van der Waals surface area contributed by atoms with E-state index >= 15 is 0 Å². The minimum Gasteiger partial charge on any atom is -0.394 e. The highest BCUT2D eigenvalue weighted by Gasteiger charge is 2.25. The Morgan fingerprint density at radius 1 is 0.794 bits per heavy atom. The van der Waals surface area contributed by atoms with Gasteiger partial charge in [-0.3, -0.25) is 20.2 Å². The summed E-state index contributed by atoms with van der Waals surface area (Å²) >= 11 is 0. The summed E-state index contributed by atoms with van der Waals surface area (Å²) in [5.74, 6) is -6.72. The summed E-state index contributed by atoms with van der Waals surface area (Å²) in [5.41, 5.74) is -0.925. The maximum atomic E-state index is 13.3. The van der Waals surface area contributed by atoms with Crippen molar-refractivity contribution in [2.45, 2.75) is 51.4 Å². The second-order valence-corrected chi connectivity index (χ2v) is 7.69. The lowest BCUT2D eigenvalue weighted by molar-refractivity contribution is -0.385. The quantitative estimate of drug-likeness (QED) is 0.127. The van der Waals surface area contributed by atoms with Crippen molar-refractivity contribution in [2.24, 2.45) is 0 Å². The van der Waals surface area contributed by atoms with E-state index in [0.29, 0.717) is 13.8 Å². The van der Waals surface area contributed by atoms with Gasteiger partial charge in [0.15, 0.2) is 0 Å². The molecule has 0 unspecified atom stereocenters. The van der Waals surface area contributed by atoms with Crippen LogP contribution in [-0.2, 0) is 12.8 Å². The molecule has 0 spiro atoms. The Labute approximate surface area is 190 Å². The van der Waals surface area contributed by atoms with Crippen molar-refractivity contribution >= 4 is 17.5 Å². The summed E-state index contributed by atoms with van der Waals surface area (Å²) in [7, 11) is 0. The smallest absolute Gasteiger partial charge is 0.394 e. The Hall–Kier alpha value is -3.77. The molecule has 0 aliphatic heterocycles. The minimum atomic E-state index is -3.09. The minimum absolute atomic E-state index is 0.0535. The van der Waals surface area contributed by atoms with E-state index in [1.165, 1.54) is 0 Å². The molecule has 0 aliphatic rings. The fourth-order valence-corrected chi connectivity index (χ4v) is 2.86. The fourth-order valence-electron chi connectivity index (χ4n) is 2.86. The van der Waals surface area contributed by atoms with Crippen molar-refractivity contribution in [1.29, 1.82) is 0 Å². The Morgan fingerprint density at radius 2 is 1.15 bits per heavy atom. The van der Waals surface area contributed by atoms with Gasteiger partial charge in [0.25, 0.3) is 11.4 Å². The Morgan fingerprint density at radius 3 is 1.44 bits per heavy atom. The van der Waals surface area contributed by atoms with Crippen LogP contribution in [0.25, 0.3) is 0 Å². The molecule has 0 amide bonds. The number of halogens is 4. The van der Waals surface area contributed by atoms with Gasteiger partial charge in [-0.15, -0.1) is 0 Å². The van der Waals surface area contributed by atoms with E-state index in [4.69, 9.17) is 9.47 Å². The summed E-state index contributed by atoms with van der Waals surface area (Å²) in [6, 6.07) is 6.03. The third kappa shape index (κ3) is 8.30. The fraction of sp³-hybridized carbons (Fsp3) is 0.381. The predicted octanol–water partition coefficient (Wildman–Crippen LogP) is 6.26. The molecule has 0 bridgehead atoms. The third-order valence-electron chi connectivity index (χ3n) is 4.56. The number of nitro groups is 2. The molecule has 2 aromatic carbocycles. The first-order valence-electron chi connectivity index (χ1n) is 9.84. The summed E-state index contributed by atoms with van der Waals surface area (Å²) in [4.78, 5) is 32.8. The Balaban J connectivity index is 2.27. The number of carbonyl (C=O) groups is 1. The van der Waals surface area contributed by atoms with Gasteiger partial charge in [-0.25, -0.2) is 22.4 Å². The molecule has 34 heavy (non-hydrogen) atoms. The lowest BCUT2D eigenvalue weighted by Gasteiger charge is -2.15. The average molecular weight is 488 g/mol. The second-order valence-electron chi connectivity index (χ2n) is 7.69. The van der Waals surface area contributed by atoms with E-state index in [-0.39, 0.29) is 35.5 Å². The first-order valence-corrected chi connectivity index (χ1v) is 9.84. The zero-order valence-corrected chi connectivity index (χ0v) is 18.1. The number of nitro benzene ring substituents is 2. The summed E-state index contributed by atoms with van der Waals surface area (Å²) in [5, 5.41) is 22.0. The average Bonchev–Trinajstić information content (AvgIpc) is 2.70. The molecule has 13 heteroatoms. The van der Waals surface area contributed by atoms with E-state index < -0.39 is 52.1 Å². The van der Waals surface area contributed by atoms with Crippen LogP contribution in [0.3, 0.4) is 0 Å². The van der Waals surface area contributed by atoms with E-state index in [1.54, 1.807) is 0 Å². The molecule has 0 saturated carbocycles. The number of ether oxygens (including phenoxy) is 2. The largest absolute Gasteiger partial charge is 0.519 e. The topological polar surface area (TPSA) is 122 Å². The van der Waals surface area contributed by atoms with Crippen LogP contribution in [0.15, 0.2) is 36.4 Å². The van der Waals surface area contributed by atoms with Crippen LogP contribution in [0.2, 0.25) is 0 Å². The molecule has 2 rings (SSSR count). The van der Waals surface area contributed by atoms with Crippen LogP contribution in [-0.4, -0.2) is 27.8 Å². The van der Waals surface area contributed by atoms with Gasteiger partial charge >= 0.3 is 6.16 Å². The molecule has 0 aromatic heterocycles. The molecule has 0 N–H and O–H groups in total. The summed E-state index contributed by atoms with van der Waals surface area (Å²) < 4.78 is 63.1. The van der Waals surface area contributed by atoms with Crippen LogP contribution in [0.5, 0.6) is 11.5 Å². The number of hydrogen-bond donors (Lipinski definition) is 0. The lowest BCUT2D eigenvalue weighted by Crippen LogP contribution is -2.17. The highest BCUT2D eigenvalue weighted by molar-refractivity contribution is 5.69. The standard InChI is InChI=1S/C21H20F4N2O7/c1-20(22,23)9-7-13-11-15(26(29)30)3-5-17(13)33-19(28)34-18-6-4-16(27(31)32)12-14(18)8-10-21(2,24)25/h3-6,11-12H,7-10H2,1-2H3. The first kappa shape index (κ1) is 26.5. The highest BCUT2D eigenvalue weighted by atomic mass is 19.3. The first-order chi connectivity index (χ1) is 15.6. The normalized spacial score (nSPS) is 11.7. The summed E-state index contributed by atoms with van der Waals surface area (Å²) in [6.45, 7) is 1.32. The molecule has 2 aromatic rings. The number of hydrogen-bond acceptors (Lipinski definition) is 7. The lowest BCUT2D eigenvalue weighted by atomic mass is 10.0. The van der Waals surface area contributed by atoms with E-state index in [2.05, 4.69) is 0 Å². The van der Waals surface area contributed by atoms with Crippen LogP contribution in [0.1, 0.15) is 37.8 Å². The number of carbonyl (C=O) groups excluding carboxylic acids is 1. The van der Waals surface area contributed by atoms with Crippen molar-refractivity contribution in [3.05, 3.63) is 67.8 Å². The van der Waals surface area contributed by atoms with Gasteiger partial charge < -0.3 is 9.47 Å². The SMILES string of the molecule is CC(F)(F)CCc1cc([N+](=O)[O-])ccc1OC(=O)Oc1ccc([N+](=O)[O-])cc1CCC(C)(F)F. The van der Waals surface area contributed by atoms with Gasteiger partial charge in [-0.2, -0.15) is 0 Å². The molecule has 184 valence electrons. The number of non-ortho nitro benzene ring substituents is 2. The zero-order valence-electron chi connectivity index (χ0n) is 18.1. The molecule has 9 nitrogen and oxygen atoms in total. The van der Waals surface area contributed by atoms with Gasteiger partial charge in [-0.1, -0.05) is 0 Å². The zero-order chi connectivity index (χ0) is 25.7. The van der Waals surface area contributed by atoms with Crippen molar-refractivity contribution in [3.63, 3.8) is 0 Å². The maximum Gasteiger partial charge on any atom is 0.519 e. The van der Waals surface area contributed by atoms with Gasteiger partial charge in [-0.05, 0) is 38.8 Å². The molecular formula is C21H20F4N2O7. The van der Waals surface area contributed by atoms with Crippen LogP contribution < -0.4 is 9.47 Å². The molecule has 0 atom stereocenters. The Kier molecular flexibility index (Phi) is 8.13. The summed E-state index contributed by atoms with van der Waals surface area (Å²) in [6.07, 6.45) is -3.48. The van der Waals surface area contributed by atoms with Crippen molar-refractivity contribution in [2.75, 3.05) is 0 Å². The number of alkyl halides is 4. The van der Waals surface area contributed by atoms with E-state index in [0.717, 1.165) is 36.4 Å². The maximum absolute atomic E-state index is 13.3. The van der Waals surface area contributed by atoms with Crippen molar-refractivity contribution < 1.29 is 41.7 Å². The van der Waals surface area contributed by atoms with E-state index in [1.807, 2.05) is 0 Å². The monoisotopic (exact) mass is 488 g/mol. The molecule has 0 heterocycles.